The van der Waals surface area contributed by atoms with Gasteiger partial charge in [0, 0.05) is 12.6 Å². The van der Waals surface area contributed by atoms with Gasteiger partial charge in [-0.2, -0.15) is 0 Å². The molecule has 106 valence electrons. The van der Waals surface area contributed by atoms with E-state index in [1.807, 2.05) is 0 Å². The van der Waals surface area contributed by atoms with Crippen molar-refractivity contribution in [1.82, 2.24) is 5.32 Å². The zero-order chi connectivity index (χ0) is 12.8. The molecular weight excluding hydrogens is 220 g/mol. The minimum Gasteiger partial charge on any atom is -0.329 e. The first-order valence-electron chi connectivity index (χ1n) is 8.24. The molecule has 0 aromatic carbocycles. The second-order valence-corrected chi connectivity index (χ2v) is 6.67. The van der Waals surface area contributed by atoms with E-state index >= 15 is 0 Å². The molecule has 0 heterocycles. The largest absolute Gasteiger partial charge is 0.329 e. The lowest BCUT2D eigenvalue weighted by Crippen LogP contribution is -2.44. The van der Waals surface area contributed by atoms with Gasteiger partial charge in [-0.25, -0.2) is 0 Å². The highest BCUT2D eigenvalue weighted by atomic mass is 14.9. The van der Waals surface area contributed by atoms with E-state index in [0.717, 1.165) is 24.3 Å². The van der Waals surface area contributed by atoms with E-state index in [1.54, 1.807) is 0 Å². The third-order valence-corrected chi connectivity index (χ3v) is 5.10. The average molecular weight is 252 g/mol. The van der Waals surface area contributed by atoms with Crippen LogP contribution in [0.25, 0.3) is 0 Å². The van der Waals surface area contributed by atoms with Crippen LogP contribution < -0.4 is 11.1 Å². The maximum Gasteiger partial charge on any atom is 0.0218 e. The Bertz CT molecular complexity index is 217. The zero-order valence-corrected chi connectivity index (χ0v) is 12.2. The van der Waals surface area contributed by atoms with Gasteiger partial charge in [0.15, 0.2) is 0 Å². The molecule has 2 nitrogen and oxygen atoms in total. The van der Waals surface area contributed by atoms with Crippen molar-refractivity contribution in [2.45, 2.75) is 70.8 Å². The van der Waals surface area contributed by atoms with Crippen molar-refractivity contribution in [2.75, 3.05) is 13.1 Å². The Morgan fingerprint density at radius 2 is 1.56 bits per heavy atom. The molecule has 2 aliphatic rings. The first-order valence-corrected chi connectivity index (χ1v) is 8.24. The van der Waals surface area contributed by atoms with Gasteiger partial charge in [-0.15, -0.1) is 0 Å². The quantitative estimate of drug-likeness (QED) is 0.761. The molecule has 2 fully saturated rings. The van der Waals surface area contributed by atoms with Crippen LogP contribution in [0.15, 0.2) is 0 Å². The van der Waals surface area contributed by atoms with Crippen molar-refractivity contribution >= 4 is 0 Å². The number of hydrogen-bond donors (Lipinski definition) is 2. The summed E-state index contributed by atoms with van der Waals surface area (Å²) in [6.07, 6.45) is 12.9. The predicted molar refractivity (Wildman–Crippen MR) is 78.5 cm³/mol. The van der Waals surface area contributed by atoms with Crippen LogP contribution in [0.4, 0.5) is 0 Å². The van der Waals surface area contributed by atoms with Crippen LogP contribution in [-0.4, -0.2) is 19.1 Å². The summed E-state index contributed by atoms with van der Waals surface area (Å²) in [6.45, 7) is 4.40. The van der Waals surface area contributed by atoms with Crippen LogP contribution in [0.1, 0.15) is 64.7 Å². The Morgan fingerprint density at radius 3 is 2.11 bits per heavy atom. The normalized spacial score (nSPS) is 26.3. The molecule has 3 N–H and O–H groups in total. The summed E-state index contributed by atoms with van der Waals surface area (Å²) in [5.74, 6) is 2.70. The smallest absolute Gasteiger partial charge is 0.0218 e. The minimum atomic E-state index is 0.573. The Balaban J connectivity index is 1.74. The molecule has 0 bridgehead atoms. The molecule has 2 unspecified atom stereocenters. The molecule has 2 atom stereocenters. The van der Waals surface area contributed by atoms with Gasteiger partial charge in [-0.05, 0) is 50.0 Å². The molecule has 0 aliphatic heterocycles. The van der Waals surface area contributed by atoms with E-state index in [9.17, 15) is 0 Å². The average Bonchev–Trinajstić information content (AvgIpc) is 3.15. The fourth-order valence-corrected chi connectivity index (χ4v) is 3.50. The van der Waals surface area contributed by atoms with Crippen LogP contribution >= 0.6 is 0 Å². The number of rotatable bonds is 6. The van der Waals surface area contributed by atoms with E-state index in [-0.39, 0.29) is 0 Å². The highest BCUT2D eigenvalue weighted by Gasteiger charge is 2.29. The van der Waals surface area contributed by atoms with Gasteiger partial charge in [-0.3, -0.25) is 0 Å². The van der Waals surface area contributed by atoms with Gasteiger partial charge in [0.1, 0.15) is 0 Å². The summed E-state index contributed by atoms with van der Waals surface area (Å²) in [4.78, 5) is 0. The second kappa shape index (κ2) is 7.49. The molecule has 0 saturated heterocycles. The van der Waals surface area contributed by atoms with Crippen molar-refractivity contribution in [3.63, 3.8) is 0 Å². The minimum absolute atomic E-state index is 0.573. The Labute approximate surface area is 113 Å². The van der Waals surface area contributed by atoms with Gasteiger partial charge in [0.05, 0.1) is 0 Å². The molecule has 0 radical (unpaired) electrons. The van der Waals surface area contributed by atoms with Gasteiger partial charge in [0.2, 0.25) is 0 Å². The molecule has 0 aromatic heterocycles. The lowest BCUT2D eigenvalue weighted by atomic mass is 9.85. The fraction of sp³-hybridized carbons (Fsp3) is 1.00. The van der Waals surface area contributed by atoms with E-state index in [2.05, 4.69) is 12.2 Å². The molecule has 0 amide bonds. The lowest BCUT2D eigenvalue weighted by molar-refractivity contribution is 0.275. The summed E-state index contributed by atoms with van der Waals surface area (Å²) >= 11 is 0. The molecule has 2 heteroatoms. The molecule has 2 aliphatic carbocycles. The topological polar surface area (TPSA) is 38.0 Å². The van der Waals surface area contributed by atoms with Gasteiger partial charge in [0.25, 0.3) is 0 Å². The molecule has 2 rings (SSSR count). The van der Waals surface area contributed by atoms with E-state index in [4.69, 9.17) is 5.73 Å². The monoisotopic (exact) mass is 252 g/mol. The van der Waals surface area contributed by atoms with Crippen molar-refractivity contribution in [2.24, 2.45) is 23.5 Å². The fourth-order valence-electron chi connectivity index (χ4n) is 3.50. The van der Waals surface area contributed by atoms with Gasteiger partial charge in [-0.1, -0.05) is 39.0 Å². The molecule has 0 aromatic rings. The summed E-state index contributed by atoms with van der Waals surface area (Å²) in [5, 5.41) is 3.78. The highest BCUT2D eigenvalue weighted by Crippen LogP contribution is 2.36. The first-order chi connectivity index (χ1) is 8.81. The third-order valence-electron chi connectivity index (χ3n) is 5.10. The molecule has 0 spiro atoms. The Hall–Kier alpha value is -0.0800. The third kappa shape index (κ3) is 4.55. The van der Waals surface area contributed by atoms with E-state index in [0.29, 0.717) is 6.04 Å². The summed E-state index contributed by atoms with van der Waals surface area (Å²) in [5.41, 5.74) is 6.01. The van der Waals surface area contributed by atoms with Crippen molar-refractivity contribution in [3.8, 4) is 0 Å². The highest BCUT2D eigenvalue weighted by molar-refractivity contribution is 4.83. The Morgan fingerprint density at radius 1 is 0.944 bits per heavy atom. The second-order valence-electron chi connectivity index (χ2n) is 6.67. The number of nitrogens with one attached hydrogen (secondary N) is 1. The first kappa shape index (κ1) is 14.3. The molecular formula is C16H32N2. The van der Waals surface area contributed by atoms with Crippen LogP contribution in [-0.2, 0) is 0 Å². The lowest BCUT2D eigenvalue weighted by Gasteiger charge is -2.29. The van der Waals surface area contributed by atoms with Gasteiger partial charge < -0.3 is 11.1 Å². The summed E-state index contributed by atoms with van der Waals surface area (Å²) in [6, 6.07) is 0.573. The zero-order valence-electron chi connectivity index (χ0n) is 12.2. The Kier molecular flexibility index (Phi) is 5.97. The molecule has 2 saturated carbocycles. The summed E-state index contributed by atoms with van der Waals surface area (Å²) in [7, 11) is 0. The maximum absolute atomic E-state index is 6.01. The number of nitrogens with two attached hydrogens (primary N) is 1. The van der Waals surface area contributed by atoms with Crippen molar-refractivity contribution in [1.29, 1.82) is 0 Å². The van der Waals surface area contributed by atoms with Crippen LogP contribution in [0.2, 0.25) is 0 Å². The van der Waals surface area contributed by atoms with E-state index < -0.39 is 0 Å². The van der Waals surface area contributed by atoms with Crippen LogP contribution in [0.3, 0.4) is 0 Å². The van der Waals surface area contributed by atoms with Crippen LogP contribution in [0.5, 0.6) is 0 Å². The number of hydrogen-bond acceptors (Lipinski definition) is 2. The van der Waals surface area contributed by atoms with Crippen molar-refractivity contribution < 1.29 is 0 Å². The predicted octanol–water partition coefficient (Wildman–Crippen LogP) is 3.31. The maximum atomic E-state index is 6.01. The standard InChI is InChI=1S/C16H32N2/c1-13(14-9-10-14)12-18-16(11-17)15-7-5-3-2-4-6-8-15/h13-16,18H,2-12,17H2,1H3. The van der Waals surface area contributed by atoms with Gasteiger partial charge >= 0.3 is 0 Å². The molecule has 18 heavy (non-hydrogen) atoms. The summed E-state index contributed by atoms with van der Waals surface area (Å²) < 4.78 is 0. The van der Waals surface area contributed by atoms with Crippen molar-refractivity contribution in [3.05, 3.63) is 0 Å². The SMILES string of the molecule is CC(CNC(CN)C1CCCCCCC1)C1CC1. The van der Waals surface area contributed by atoms with Crippen LogP contribution in [0, 0.1) is 17.8 Å². The van der Waals surface area contributed by atoms with E-state index in [1.165, 1.54) is 64.3 Å².